The van der Waals surface area contributed by atoms with Crippen LogP contribution in [0.25, 0.3) is 0 Å². The molecule has 0 atom stereocenters. The van der Waals surface area contributed by atoms with Gasteiger partial charge in [-0.25, -0.2) is 0 Å². The van der Waals surface area contributed by atoms with E-state index in [4.69, 9.17) is 10.2 Å². The monoisotopic (exact) mass is 277 g/mol. The Kier molecular flexibility index (Phi) is 24.4. The van der Waals surface area contributed by atoms with Gasteiger partial charge in [0.25, 0.3) is 0 Å². The van der Waals surface area contributed by atoms with Crippen LogP contribution in [0.4, 0.5) is 0 Å². The van der Waals surface area contributed by atoms with E-state index in [1.807, 2.05) is 0 Å². The van der Waals surface area contributed by atoms with E-state index in [1.54, 1.807) is 0 Å². The predicted molar refractivity (Wildman–Crippen MR) is 47.1 cm³/mol. The summed E-state index contributed by atoms with van der Waals surface area (Å²) in [5.41, 5.74) is 0. The number of carbonyl (C=O) groups is 3. The number of aliphatic carboxylic acids is 2. The summed E-state index contributed by atoms with van der Waals surface area (Å²) < 4.78 is 4.28. The second-order valence-corrected chi connectivity index (χ2v) is 2.51. The van der Waals surface area contributed by atoms with E-state index in [-0.39, 0.29) is 99.5 Å². The van der Waals surface area contributed by atoms with Crippen LogP contribution in [0.2, 0.25) is 0 Å². The number of methoxy groups -OCH3 is 1. The van der Waals surface area contributed by atoms with Crippen LogP contribution in [0.1, 0.15) is 4.28 Å². The molecule has 0 aliphatic carbocycles. The first-order valence-corrected chi connectivity index (χ1v) is 3.68. The molecule has 0 heterocycles. The maximum Gasteiger partial charge on any atom is 1.00 e. The molecule has 0 aliphatic rings. The minimum atomic E-state index is -1.20. The smallest absolute Gasteiger partial charge is 1.00 e. The van der Waals surface area contributed by atoms with E-state index in [9.17, 15) is 14.4 Å². The number of ether oxygens (including phenoxy) is 1. The molecule has 0 spiro atoms. The van der Waals surface area contributed by atoms with E-state index in [1.165, 1.54) is 0 Å². The van der Waals surface area contributed by atoms with Crippen molar-refractivity contribution in [3.8, 4) is 0 Å². The first kappa shape index (κ1) is 26.8. The van der Waals surface area contributed by atoms with Gasteiger partial charge in [0.2, 0.25) is 0 Å². The molecule has 0 aromatic carbocycles. The number of hydrogen-bond donors (Lipinski definition) is 2. The second-order valence-electron chi connectivity index (χ2n) is 2.51. The molecular formula is C7H14NNa3O6. The number of esters is 1. The normalized spacial score (nSPS) is 8.12. The van der Waals surface area contributed by atoms with Crippen molar-refractivity contribution in [2.45, 2.75) is 0 Å². The van der Waals surface area contributed by atoms with Gasteiger partial charge in [0.15, 0.2) is 0 Å². The molecule has 0 bridgehead atoms. The summed E-state index contributed by atoms with van der Waals surface area (Å²) in [6.45, 7) is -1.38. The Hall–Kier alpha value is 1.37. The minimum Gasteiger partial charge on any atom is -1.00 e. The van der Waals surface area contributed by atoms with Crippen LogP contribution in [0, 0.1) is 0 Å². The van der Waals surface area contributed by atoms with E-state index in [0.717, 1.165) is 12.0 Å². The zero-order valence-corrected chi connectivity index (χ0v) is 16.6. The first-order valence-electron chi connectivity index (χ1n) is 3.68. The summed E-state index contributed by atoms with van der Waals surface area (Å²) in [4.78, 5) is 32.2. The molecule has 7 nitrogen and oxygen atoms in total. The van der Waals surface area contributed by atoms with Gasteiger partial charge in [-0.1, -0.05) is 0 Å². The van der Waals surface area contributed by atoms with Gasteiger partial charge in [-0.05, 0) is 0 Å². The third kappa shape index (κ3) is 17.4. The van der Waals surface area contributed by atoms with Gasteiger partial charge >= 0.3 is 107 Å². The standard InChI is InChI=1S/C7H11NO6.3Na.3H/c1-14-7(13)4-8(2-5(9)10)3-6(11)12;;;;;;/h2-4H2,1H3,(H,9,10)(H,11,12);;;;;;/q;3*+1;3*-1. The Morgan fingerprint density at radius 2 is 1.35 bits per heavy atom. The van der Waals surface area contributed by atoms with Crippen LogP contribution < -0.4 is 88.7 Å². The summed E-state index contributed by atoms with van der Waals surface area (Å²) in [6, 6.07) is 0. The van der Waals surface area contributed by atoms with Crippen molar-refractivity contribution in [1.82, 2.24) is 4.90 Å². The van der Waals surface area contributed by atoms with Crippen LogP contribution in [0.15, 0.2) is 0 Å². The van der Waals surface area contributed by atoms with Gasteiger partial charge in [0.1, 0.15) is 0 Å². The summed E-state index contributed by atoms with van der Waals surface area (Å²) in [6.07, 6.45) is 0. The molecule has 17 heavy (non-hydrogen) atoms. The third-order valence-corrected chi connectivity index (χ3v) is 1.30. The number of carboxylic acid groups (broad SMARTS) is 2. The SMILES string of the molecule is COC(=O)CN(CC(=O)O)CC(=O)O.[H-].[H-].[H-].[Na+].[Na+].[Na+]. The number of carboxylic acids is 2. The number of nitrogens with zero attached hydrogens (tertiary/aromatic N) is 1. The molecule has 10 heteroatoms. The summed E-state index contributed by atoms with van der Waals surface area (Å²) in [5.74, 6) is -3.07. The minimum absolute atomic E-state index is 0. The van der Waals surface area contributed by atoms with Crippen molar-refractivity contribution in [1.29, 1.82) is 0 Å². The van der Waals surface area contributed by atoms with Crippen molar-refractivity contribution in [2.24, 2.45) is 0 Å². The Balaban J connectivity index is -0.0000000563. The molecular weight excluding hydrogens is 263 g/mol. The van der Waals surface area contributed by atoms with Crippen LogP contribution in [0.3, 0.4) is 0 Å². The topological polar surface area (TPSA) is 104 Å². The van der Waals surface area contributed by atoms with E-state index in [2.05, 4.69) is 4.74 Å². The van der Waals surface area contributed by atoms with Crippen molar-refractivity contribution in [3.63, 3.8) is 0 Å². The fourth-order valence-corrected chi connectivity index (χ4v) is 0.797. The Morgan fingerprint density at radius 1 is 1.00 bits per heavy atom. The maximum absolute atomic E-state index is 10.7. The van der Waals surface area contributed by atoms with Gasteiger partial charge in [-0.3, -0.25) is 19.3 Å². The quantitative estimate of drug-likeness (QED) is 0.367. The zero-order valence-electron chi connectivity index (χ0n) is 13.6. The second kappa shape index (κ2) is 15.4. The van der Waals surface area contributed by atoms with Gasteiger partial charge in [-0.2, -0.15) is 0 Å². The zero-order chi connectivity index (χ0) is 11.1. The number of hydrogen-bond acceptors (Lipinski definition) is 5. The fourth-order valence-electron chi connectivity index (χ4n) is 0.797. The van der Waals surface area contributed by atoms with Crippen LogP contribution >= 0.6 is 0 Å². The molecule has 0 fully saturated rings. The molecule has 2 N–H and O–H groups in total. The van der Waals surface area contributed by atoms with E-state index >= 15 is 0 Å². The maximum atomic E-state index is 10.7. The van der Waals surface area contributed by atoms with Crippen LogP contribution in [-0.4, -0.2) is 59.8 Å². The molecule has 86 valence electrons. The summed E-state index contributed by atoms with van der Waals surface area (Å²) >= 11 is 0. The average Bonchev–Trinajstić information content (AvgIpc) is 2.01. The molecule has 0 aliphatic heterocycles. The molecule has 0 rings (SSSR count). The molecule has 0 unspecified atom stereocenters. The Bertz CT molecular complexity index is 246. The molecule has 0 aromatic rings. The van der Waals surface area contributed by atoms with Gasteiger partial charge in [0, 0.05) is 0 Å². The third-order valence-electron chi connectivity index (χ3n) is 1.30. The fraction of sp³-hybridized carbons (Fsp3) is 0.571. The van der Waals surface area contributed by atoms with Gasteiger partial charge in [0.05, 0.1) is 26.7 Å². The van der Waals surface area contributed by atoms with E-state index < -0.39 is 31.0 Å². The largest absolute Gasteiger partial charge is 1.00 e. The van der Waals surface area contributed by atoms with Crippen molar-refractivity contribution in [3.05, 3.63) is 0 Å². The van der Waals surface area contributed by atoms with Crippen molar-refractivity contribution in [2.75, 3.05) is 26.7 Å². The molecule has 0 saturated carbocycles. The van der Waals surface area contributed by atoms with Crippen molar-refractivity contribution < 1.29 is 122 Å². The predicted octanol–water partition coefficient (Wildman–Crippen LogP) is -10.0. The summed E-state index contributed by atoms with van der Waals surface area (Å²) in [7, 11) is 1.14. The van der Waals surface area contributed by atoms with Gasteiger partial charge < -0.3 is 19.2 Å². The Morgan fingerprint density at radius 3 is 1.59 bits per heavy atom. The van der Waals surface area contributed by atoms with Gasteiger partial charge in [-0.15, -0.1) is 0 Å². The molecule has 0 aromatic heterocycles. The number of rotatable bonds is 6. The first-order chi connectivity index (χ1) is 6.45. The Labute approximate surface area is 170 Å². The average molecular weight is 277 g/mol. The van der Waals surface area contributed by atoms with Crippen molar-refractivity contribution >= 4 is 17.9 Å². The summed E-state index contributed by atoms with van der Waals surface area (Å²) in [5, 5.41) is 16.8. The van der Waals surface area contributed by atoms with Crippen LogP contribution in [0.5, 0.6) is 0 Å². The van der Waals surface area contributed by atoms with E-state index in [0.29, 0.717) is 0 Å². The molecule has 0 radical (unpaired) electrons. The molecule has 0 saturated heterocycles. The van der Waals surface area contributed by atoms with Crippen LogP contribution in [-0.2, 0) is 19.1 Å². The number of carbonyl (C=O) groups excluding carboxylic acids is 1. The molecule has 0 amide bonds.